The van der Waals surface area contributed by atoms with E-state index in [4.69, 9.17) is 0 Å². The number of hydrogen-bond donors (Lipinski definition) is 1. The summed E-state index contributed by atoms with van der Waals surface area (Å²) in [5.74, 6) is 0.357. The molecule has 0 unspecified atom stereocenters. The van der Waals surface area contributed by atoms with Crippen LogP contribution in [-0.2, 0) is 10.0 Å². The molecular weight excluding hydrogens is 282 g/mol. The quantitative estimate of drug-likeness (QED) is 0.898. The molecule has 7 heteroatoms. The maximum Gasteiger partial charge on any atom is 0.233 e. The molecule has 15 heavy (non-hydrogen) atoms. The zero-order chi connectivity index (χ0) is 11.3. The lowest BCUT2D eigenvalue weighted by Crippen LogP contribution is -2.17. The zero-order valence-corrected chi connectivity index (χ0v) is 10.7. The molecule has 0 bridgehead atoms. The summed E-state index contributed by atoms with van der Waals surface area (Å²) in [7, 11) is -3.28. The van der Waals surface area contributed by atoms with Gasteiger partial charge in [-0.2, -0.15) is 0 Å². The van der Waals surface area contributed by atoms with Crippen LogP contribution in [0.25, 0.3) is 0 Å². The number of aromatic nitrogens is 2. The second kappa shape index (κ2) is 5.41. The third-order valence-corrected chi connectivity index (χ3v) is 3.40. The molecule has 0 saturated carbocycles. The molecule has 0 atom stereocenters. The minimum absolute atomic E-state index is 0.112. The van der Waals surface area contributed by atoms with Crippen LogP contribution in [0.5, 0.6) is 0 Å². The van der Waals surface area contributed by atoms with E-state index < -0.39 is 10.0 Å². The van der Waals surface area contributed by atoms with Gasteiger partial charge in [0.05, 0.1) is 18.1 Å². The Morgan fingerprint density at radius 3 is 2.67 bits per heavy atom. The largest absolute Gasteiger partial charge is 0.266 e. The van der Waals surface area contributed by atoms with Crippen molar-refractivity contribution in [2.75, 3.05) is 10.5 Å². The molecule has 0 aliphatic rings. The van der Waals surface area contributed by atoms with Crippen molar-refractivity contribution in [2.45, 2.75) is 19.8 Å². The van der Waals surface area contributed by atoms with Gasteiger partial charge in [-0.3, -0.25) is 4.72 Å². The van der Waals surface area contributed by atoms with Gasteiger partial charge in [0.15, 0.2) is 5.82 Å². The normalized spacial score (nSPS) is 11.3. The maximum absolute atomic E-state index is 11.5. The molecule has 5 nitrogen and oxygen atoms in total. The summed E-state index contributed by atoms with van der Waals surface area (Å²) in [6.45, 7) is 1.94. The number of rotatable bonds is 5. The molecule has 1 rings (SSSR count). The first-order chi connectivity index (χ1) is 7.03. The van der Waals surface area contributed by atoms with Gasteiger partial charge >= 0.3 is 0 Å². The Bertz CT molecular complexity index is 404. The molecule has 0 aliphatic carbocycles. The van der Waals surface area contributed by atoms with Crippen LogP contribution in [0.4, 0.5) is 5.82 Å². The van der Waals surface area contributed by atoms with Gasteiger partial charge in [-0.25, -0.2) is 18.4 Å². The number of nitrogens with zero attached hydrogens (tertiary/aromatic N) is 2. The molecule has 1 aromatic heterocycles. The molecule has 0 radical (unpaired) electrons. The van der Waals surface area contributed by atoms with Gasteiger partial charge in [0.2, 0.25) is 10.0 Å². The number of halogens is 1. The highest BCUT2D eigenvalue weighted by molar-refractivity contribution is 9.10. The summed E-state index contributed by atoms with van der Waals surface area (Å²) in [6.07, 6.45) is 4.29. The van der Waals surface area contributed by atoms with Gasteiger partial charge < -0.3 is 0 Å². The first kappa shape index (κ1) is 12.4. The monoisotopic (exact) mass is 293 g/mol. The fraction of sp³-hybridized carbons (Fsp3) is 0.500. The van der Waals surface area contributed by atoms with Gasteiger partial charge in [-0.1, -0.05) is 13.3 Å². The standard InChI is InChI=1S/C8H12BrN3O2S/c1-2-3-4-15(13,14)12-8-6-10-7(9)5-11-8/h5-6H,2-4H2,1H3,(H,11,12). The Hall–Kier alpha value is -0.690. The molecular formula is C8H12BrN3O2S. The van der Waals surface area contributed by atoms with Crippen LogP contribution < -0.4 is 4.72 Å². The summed E-state index contributed by atoms with van der Waals surface area (Å²) >= 11 is 3.12. The predicted molar refractivity (Wildman–Crippen MR) is 62.0 cm³/mol. The lowest BCUT2D eigenvalue weighted by atomic mass is 10.4. The van der Waals surface area contributed by atoms with Gasteiger partial charge in [0.25, 0.3) is 0 Å². The summed E-state index contributed by atoms with van der Waals surface area (Å²) in [5, 5.41) is 0. The molecule has 0 aliphatic heterocycles. The average molecular weight is 294 g/mol. The van der Waals surface area contributed by atoms with Gasteiger partial charge in [-0.05, 0) is 22.4 Å². The number of sulfonamides is 1. The van der Waals surface area contributed by atoms with Crippen molar-refractivity contribution in [1.82, 2.24) is 9.97 Å². The van der Waals surface area contributed by atoms with E-state index in [2.05, 4.69) is 30.6 Å². The first-order valence-electron chi connectivity index (χ1n) is 4.51. The third-order valence-electron chi connectivity index (χ3n) is 1.65. The van der Waals surface area contributed by atoms with Gasteiger partial charge in [0, 0.05) is 0 Å². The van der Waals surface area contributed by atoms with E-state index in [0.717, 1.165) is 6.42 Å². The van der Waals surface area contributed by atoms with Crippen LogP contribution in [0.15, 0.2) is 17.0 Å². The summed E-state index contributed by atoms with van der Waals surface area (Å²) in [4.78, 5) is 7.74. The first-order valence-corrected chi connectivity index (χ1v) is 6.96. The lowest BCUT2D eigenvalue weighted by Gasteiger charge is -2.05. The predicted octanol–water partition coefficient (Wildman–Crippen LogP) is 1.78. The molecule has 1 heterocycles. The number of hydrogen-bond acceptors (Lipinski definition) is 4. The van der Waals surface area contributed by atoms with E-state index in [-0.39, 0.29) is 11.6 Å². The number of anilines is 1. The van der Waals surface area contributed by atoms with Crippen molar-refractivity contribution < 1.29 is 8.42 Å². The van der Waals surface area contributed by atoms with Crippen molar-refractivity contribution in [1.29, 1.82) is 0 Å². The van der Waals surface area contributed by atoms with Crippen LogP contribution in [0.3, 0.4) is 0 Å². The molecule has 84 valence electrons. The van der Waals surface area contributed by atoms with E-state index in [1.165, 1.54) is 12.4 Å². The summed E-state index contributed by atoms with van der Waals surface area (Å²) in [6, 6.07) is 0. The van der Waals surface area contributed by atoms with Crippen LogP contribution in [-0.4, -0.2) is 24.1 Å². The van der Waals surface area contributed by atoms with Crippen molar-refractivity contribution in [3.8, 4) is 0 Å². The van der Waals surface area contributed by atoms with Crippen LogP contribution in [0.1, 0.15) is 19.8 Å². The Kier molecular flexibility index (Phi) is 4.46. The zero-order valence-electron chi connectivity index (χ0n) is 8.27. The fourth-order valence-corrected chi connectivity index (χ4v) is 2.31. The topological polar surface area (TPSA) is 72.0 Å². The minimum atomic E-state index is -3.28. The average Bonchev–Trinajstić information content (AvgIpc) is 2.18. The maximum atomic E-state index is 11.5. The summed E-state index contributed by atoms with van der Waals surface area (Å²) in [5.41, 5.74) is 0. The SMILES string of the molecule is CCCCS(=O)(=O)Nc1cnc(Br)cn1. The lowest BCUT2D eigenvalue weighted by molar-refractivity contribution is 0.597. The van der Waals surface area contributed by atoms with Crippen LogP contribution in [0, 0.1) is 0 Å². The Labute approximate surface area is 97.5 Å². The Morgan fingerprint density at radius 1 is 1.40 bits per heavy atom. The minimum Gasteiger partial charge on any atom is -0.266 e. The molecule has 0 saturated heterocycles. The van der Waals surface area contributed by atoms with E-state index in [0.29, 0.717) is 11.0 Å². The van der Waals surface area contributed by atoms with E-state index >= 15 is 0 Å². The van der Waals surface area contributed by atoms with Gasteiger partial charge in [-0.15, -0.1) is 0 Å². The van der Waals surface area contributed by atoms with Gasteiger partial charge in [0.1, 0.15) is 4.60 Å². The molecule has 1 N–H and O–H groups in total. The van der Waals surface area contributed by atoms with Crippen molar-refractivity contribution >= 4 is 31.8 Å². The fourth-order valence-electron chi connectivity index (χ4n) is 0.910. The van der Waals surface area contributed by atoms with Crippen molar-refractivity contribution in [3.63, 3.8) is 0 Å². The van der Waals surface area contributed by atoms with Crippen LogP contribution in [0.2, 0.25) is 0 Å². The molecule has 1 aromatic rings. The van der Waals surface area contributed by atoms with E-state index in [1.807, 2.05) is 6.92 Å². The highest BCUT2D eigenvalue weighted by Crippen LogP contribution is 2.08. The highest BCUT2D eigenvalue weighted by Gasteiger charge is 2.10. The van der Waals surface area contributed by atoms with Crippen molar-refractivity contribution in [2.24, 2.45) is 0 Å². The Morgan fingerprint density at radius 2 is 2.13 bits per heavy atom. The molecule has 0 spiro atoms. The second-order valence-electron chi connectivity index (χ2n) is 3.00. The van der Waals surface area contributed by atoms with E-state index in [1.54, 1.807) is 0 Å². The van der Waals surface area contributed by atoms with Crippen molar-refractivity contribution in [3.05, 3.63) is 17.0 Å². The highest BCUT2D eigenvalue weighted by atomic mass is 79.9. The van der Waals surface area contributed by atoms with Crippen LogP contribution >= 0.6 is 15.9 Å². The molecule has 0 amide bonds. The third kappa shape index (κ3) is 4.57. The second-order valence-corrected chi connectivity index (χ2v) is 5.65. The van der Waals surface area contributed by atoms with E-state index in [9.17, 15) is 8.42 Å². The summed E-state index contributed by atoms with van der Waals surface area (Å²) < 4.78 is 25.8. The number of unbranched alkanes of at least 4 members (excludes halogenated alkanes) is 1. The molecule has 0 aromatic carbocycles. The Balaban J connectivity index is 2.65. The smallest absolute Gasteiger partial charge is 0.233 e. The molecule has 0 fully saturated rings. The number of nitrogens with one attached hydrogen (secondary N) is 1.